The van der Waals surface area contributed by atoms with E-state index in [-0.39, 0.29) is 11.8 Å². The van der Waals surface area contributed by atoms with Crippen LogP contribution in [0.15, 0.2) is 121 Å². The average Bonchev–Trinajstić information content (AvgIpc) is 3.14. The molecule has 6 rings (SSSR count). The van der Waals surface area contributed by atoms with Crippen molar-refractivity contribution in [1.29, 1.82) is 0 Å². The van der Waals surface area contributed by atoms with Gasteiger partial charge in [-0.05, 0) is 66.2 Å². The average molecular weight is 497 g/mol. The van der Waals surface area contributed by atoms with E-state index in [4.69, 9.17) is 0 Å². The normalized spacial score (nSPS) is 11.9. The largest absolute Gasteiger partial charge is 0.354 e. The van der Waals surface area contributed by atoms with Crippen LogP contribution in [0, 0.1) is 0 Å². The number of carbonyl (C=O) groups is 2. The zero-order valence-electron chi connectivity index (χ0n) is 20.5. The number of nitrogens with zero attached hydrogens (tertiary/aromatic N) is 2. The van der Waals surface area contributed by atoms with Gasteiger partial charge in [-0.15, -0.1) is 0 Å². The highest BCUT2D eigenvalue weighted by molar-refractivity contribution is 6.10. The second kappa shape index (κ2) is 10.0. The maximum atomic E-state index is 13.7. The Labute approximate surface area is 220 Å². The van der Waals surface area contributed by atoms with E-state index in [2.05, 4.69) is 15.6 Å². The lowest BCUT2D eigenvalue weighted by Crippen LogP contribution is -2.30. The highest BCUT2D eigenvalue weighted by atomic mass is 16.2. The second-order valence-corrected chi connectivity index (χ2v) is 8.98. The van der Waals surface area contributed by atoms with Crippen molar-refractivity contribution in [2.45, 2.75) is 6.54 Å². The first kappa shape index (κ1) is 23.2. The Morgan fingerprint density at radius 3 is 2.26 bits per heavy atom. The number of benzene rings is 4. The van der Waals surface area contributed by atoms with Crippen molar-refractivity contribution in [2.24, 2.45) is 0 Å². The predicted octanol–water partition coefficient (Wildman–Crippen LogP) is 6.90. The third-order valence-electron chi connectivity index (χ3n) is 6.56. The quantitative estimate of drug-likeness (QED) is 0.284. The molecule has 0 unspecified atom stereocenters. The van der Waals surface area contributed by atoms with Crippen molar-refractivity contribution in [3.8, 4) is 11.3 Å². The van der Waals surface area contributed by atoms with Gasteiger partial charge in [-0.3, -0.25) is 14.6 Å². The molecule has 6 heteroatoms. The molecule has 1 aromatic heterocycles. The summed E-state index contributed by atoms with van der Waals surface area (Å²) >= 11 is 0. The van der Waals surface area contributed by atoms with Crippen LogP contribution in [0.2, 0.25) is 0 Å². The highest BCUT2D eigenvalue weighted by Crippen LogP contribution is 2.36. The molecule has 6 nitrogen and oxygen atoms in total. The van der Waals surface area contributed by atoms with Crippen molar-refractivity contribution in [2.75, 3.05) is 15.5 Å². The van der Waals surface area contributed by atoms with Crippen molar-refractivity contribution >= 4 is 34.6 Å². The van der Waals surface area contributed by atoms with Crippen LogP contribution in [0.1, 0.15) is 26.3 Å². The van der Waals surface area contributed by atoms with Crippen molar-refractivity contribution < 1.29 is 9.59 Å². The summed E-state index contributed by atoms with van der Waals surface area (Å²) in [7, 11) is 0. The second-order valence-electron chi connectivity index (χ2n) is 8.98. The molecule has 4 aromatic carbocycles. The Balaban J connectivity index is 1.24. The summed E-state index contributed by atoms with van der Waals surface area (Å²) in [4.78, 5) is 33.0. The maximum absolute atomic E-state index is 13.7. The number of fused-ring (bicyclic) bond motifs is 2. The number of aromatic nitrogens is 1. The minimum atomic E-state index is -0.241. The lowest BCUT2D eigenvalue weighted by atomic mass is 10.0. The van der Waals surface area contributed by atoms with Gasteiger partial charge in [-0.25, -0.2) is 0 Å². The molecule has 0 aliphatic carbocycles. The molecule has 1 aliphatic heterocycles. The smallest absolute Gasteiger partial charge is 0.258 e. The molecular formula is C32H24N4O2. The number of pyridine rings is 1. The molecule has 0 spiro atoms. The number of carbonyl (C=O) groups excluding carboxylic acids is 2. The van der Waals surface area contributed by atoms with E-state index in [9.17, 15) is 9.59 Å². The van der Waals surface area contributed by atoms with Crippen LogP contribution in [0.3, 0.4) is 0 Å². The van der Waals surface area contributed by atoms with Crippen LogP contribution in [0.5, 0.6) is 0 Å². The Hall–Kier alpha value is -5.23. The summed E-state index contributed by atoms with van der Waals surface area (Å²) in [6, 6.07) is 35.8. The standard InChI is InChI=1S/C32H24N4O2/c37-31(26-11-3-2-10-25(26)28-13-7-8-20-33-28)34-24-18-16-22(17-19-24)32(38)36-21-23-9-1-4-12-27(23)35-29-14-5-6-15-30(29)36/h1-20,35H,21H2,(H,34,37). The van der Waals surface area contributed by atoms with E-state index < -0.39 is 0 Å². The molecule has 5 aromatic rings. The van der Waals surface area contributed by atoms with E-state index in [1.807, 2.05) is 84.9 Å². The van der Waals surface area contributed by atoms with Gasteiger partial charge in [0.1, 0.15) is 0 Å². The van der Waals surface area contributed by atoms with Gasteiger partial charge in [-0.2, -0.15) is 0 Å². The number of para-hydroxylation sites is 3. The number of rotatable bonds is 4. The number of hydrogen-bond acceptors (Lipinski definition) is 4. The Morgan fingerprint density at radius 2 is 1.45 bits per heavy atom. The molecule has 2 N–H and O–H groups in total. The summed E-state index contributed by atoms with van der Waals surface area (Å²) in [6.07, 6.45) is 1.71. The monoisotopic (exact) mass is 496 g/mol. The van der Waals surface area contributed by atoms with Crippen molar-refractivity contribution in [3.63, 3.8) is 0 Å². The first-order valence-electron chi connectivity index (χ1n) is 12.3. The lowest BCUT2D eigenvalue weighted by Gasteiger charge is -2.23. The maximum Gasteiger partial charge on any atom is 0.258 e. The van der Waals surface area contributed by atoms with Gasteiger partial charge in [0.25, 0.3) is 11.8 Å². The zero-order chi connectivity index (χ0) is 25.9. The number of anilines is 4. The van der Waals surface area contributed by atoms with Gasteiger partial charge >= 0.3 is 0 Å². The van der Waals surface area contributed by atoms with Gasteiger partial charge in [0, 0.05) is 34.3 Å². The minimum Gasteiger partial charge on any atom is -0.354 e. The summed E-state index contributed by atoms with van der Waals surface area (Å²) in [5, 5.41) is 6.41. The van der Waals surface area contributed by atoms with Gasteiger partial charge < -0.3 is 15.5 Å². The predicted molar refractivity (Wildman–Crippen MR) is 151 cm³/mol. The lowest BCUT2D eigenvalue weighted by molar-refractivity contribution is 0.0984. The topological polar surface area (TPSA) is 74.3 Å². The zero-order valence-corrected chi connectivity index (χ0v) is 20.5. The minimum absolute atomic E-state index is 0.116. The third-order valence-corrected chi connectivity index (χ3v) is 6.56. The van der Waals surface area contributed by atoms with Gasteiger partial charge in [0.15, 0.2) is 0 Å². The molecular weight excluding hydrogens is 472 g/mol. The van der Waals surface area contributed by atoms with Gasteiger partial charge in [0.05, 0.1) is 23.6 Å². The highest BCUT2D eigenvalue weighted by Gasteiger charge is 2.24. The number of amides is 2. The van der Waals surface area contributed by atoms with Crippen LogP contribution < -0.4 is 15.5 Å². The van der Waals surface area contributed by atoms with E-state index in [1.165, 1.54) is 0 Å². The number of hydrogen-bond donors (Lipinski definition) is 2. The van der Waals surface area contributed by atoms with Crippen LogP contribution >= 0.6 is 0 Å². The van der Waals surface area contributed by atoms with Crippen molar-refractivity contribution in [3.05, 3.63) is 138 Å². The molecule has 0 saturated carbocycles. The summed E-state index contributed by atoms with van der Waals surface area (Å²) in [5.74, 6) is -0.358. The molecule has 0 atom stereocenters. The Kier molecular flexibility index (Phi) is 6.12. The van der Waals surface area contributed by atoms with E-state index in [0.717, 1.165) is 33.9 Å². The molecule has 184 valence electrons. The Bertz CT molecular complexity index is 1630. The SMILES string of the molecule is O=C(Nc1ccc(C(=O)N2Cc3ccccc3Nc3ccccc32)cc1)c1ccccc1-c1ccccn1. The molecule has 0 fully saturated rings. The fourth-order valence-electron chi connectivity index (χ4n) is 4.65. The van der Waals surface area contributed by atoms with Crippen molar-refractivity contribution in [1.82, 2.24) is 4.98 Å². The first-order valence-corrected chi connectivity index (χ1v) is 12.3. The summed E-state index contributed by atoms with van der Waals surface area (Å²) < 4.78 is 0. The summed E-state index contributed by atoms with van der Waals surface area (Å²) in [5.41, 5.74) is 6.86. The Morgan fingerprint density at radius 1 is 0.737 bits per heavy atom. The first-order chi connectivity index (χ1) is 18.7. The molecule has 1 aliphatic rings. The van der Waals surface area contributed by atoms with E-state index in [1.54, 1.807) is 41.4 Å². The third kappa shape index (κ3) is 4.51. The molecule has 2 heterocycles. The fraction of sp³-hybridized carbons (Fsp3) is 0.0312. The van der Waals surface area contributed by atoms with E-state index >= 15 is 0 Å². The molecule has 38 heavy (non-hydrogen) atoms. The molecule has 2 amide bonds. The van der Waals surface area contributed by atoms with Crippen LogP contribution in [0.4, 0.5) is 22.7 Å². The van der Waals surface area contributed by atoms with Crippen LogP contribution in [-0.4, -0.2) is 16.8 Å². The van der Waals surface area contributed by atoms with Crippen LogP contribution in [0.25, 0.3) is 11.3 Å². The van der Waals surface area contributed by atoms with E-state index in [0.29, 0.717) is 23.4 Å². The van der Waals surface area contributed by atoms with Gasteiger partial charge in [-0.1, -0.05) is 54.6 Å². The molecule has 0 bridgehead atoms. The van der Waals surface area contributed by atoms with Crippen LogP contribution in [-0.2, 0) is 6.54 Å². The molecule has 0 saturated heterocycles. The number of nitrogens with one attached hydrogen (secondary N) is 2. The fourth-order valence-corrected chi connectivity index (χ4v) is 4.65. The molecule has 0 radical (unpaired) electrons. The summed E-state index contributed by atoms with van der Waals surface area (Å²) in [6.45, 7) is 0.446. The van der Waals surface area contributed by atoms with Gasteiger partial charge in [0.2, 0.25) is 0 Å².